The molecule has 2 aliphatic heterocycles. The smallest absolute Gasteiger partial charge is 0.399 e. The summed E-state index contributed by atoms with van der Waals surface area (Å²) in [4.78, 5) is 19.9. The first-order valence-corrected chi connectivity index (χ1v) is 16.5. The van der Waals surface area contributed by atoms with Crippen LogP contribution in [0.25, 0.3) is 9.81 Å². The molecule has 0 bridgehead atoms. The Balaban J connectivity index is 0.000000296. The SMILES string of the molecule is CC(=O)Cl.CC(=O)NC1=C(c2cccc(C(F)(F)F)c2)S(=O)(=O)NC1(C)C.CC1(C)NS(=O)(=O)C(c2cccc(C(F)(F)F)c2)=C1N. The summed E-state index contributed by atoms with van der Waals surface area (Å²) in [6.45, 7) is 8.59. The minimum atomic E-state index is -4.60. The van der Waals surface area contributed by atoms with Crippen molar-refractivity contribution in [3.8, 4) is 0 Å². The molecule has 0 aromatic heterocycles. The minimum Gasteiger partial charge on any atom is -0.399 e. The van der Waals surface area contributed by atoms with Gasteiger partial charge in [-0.3, -0.25) is 9.59 Å². The van der Waals surface area contributed by atoms with Crippen LogP contribution in [0.3, 0.4) is 0 Å². The van der Waals surface area contributed by atoms with Gasteiger partial charge in [0.1, 0.15) is 9.81 Å². The van der Waals surface area contributed by atoms with Crippen LogP contribution in [-0.4, -0.2) is 39.1 Å². The first-order chi connectivity index (χ1) is 21.0. The molecule has 0 unspecified atom stereocenters. The van der Waals surface area contributed by atoms with Gasteiger partial charge in [0.15, 0.2) is 0 Å². The number of carbonyl (C=O) groups excluding carboxylic acids is 2. The van der Waals surface area contributed by atoms with Crippen molar-refractivity contribution in [2.75, 3.05) is 0 Å². The van der Waals surface area contributed by atoms with Crippen LogP contribution in [0.15, 0.2) is 59.9 Å². The highest BCUT2D eigenvalue weighted by Crippen LogP contribution is 2.39. The Labute approximate surface area is 272 Å². The van der Waals surface area contributed by atoms with E-state index in [0.717, 1.165) is 36.4 Å². The summed E-state index contributed by atoms with van der Waals surface area (Å²) in [6, 6.07) is 8.07. The zero-order chi connectivity index (χ0) is 36.6. The average Bonchev–Trinajstić information content (AvgIpc) is 3.15. The Morgan fingerprint density at radius 1 is 0.745 bits per heavy atom. The maximum atomic E-state index is 12.9. The number of alkyl halides is 6. The third-order valence-electron chi connectivity index (χ3n) is 6.29. The largest absolute Gasteiger partial charge is 0.416 e. The third kappa shape index (κ3) is 9.79. The van der Waals surface area contributed by atoms with E-state index in [1.54, 1.807) is 13.8 Å². The fourth-order valence-electron chi connectivity index (χ4n) is 4.40. The Bertz CT molecular complexity index is 1850. The second kappa shape index (κ2) is 13.6. The van der Waals surface area contributed by atoms with E-state index >= 15 is 0 Å². The van der Waals surface area contributed by atoms with E-state index < -0.39 is 60.5 Å². The first kappa shape index (κ1) is 39.7. The lowest BCUT2D eigenvalue weighted by Gasteiger charge is -2.21. The second-order valence-electron chi connectivity index (χ2n) is 11.2. The molecule has 0 aliphatic carbocycles. The lowest BCUT2D eigenvalue weighted by atomic mass is 9.98. The average molecular weight is 733 g/mol. The standard InChI is InChI=1S/C14H15F3N2O3S.C12H13F3N2O2S.C2H3ClO/c1-8(20)18-12-11(23(21,22)19-13(12,2)3)9-5-4-6-10(7-9)14(15,16)17;1-11(2)10(16)9(20(18,19)17-11)7-4-3-5-8(6-7)12(13,14)15;1-2(3)4/h4-7,19H,1-3H3,(H,18,20);3-6,17H,16H2,1-2H3;1H3. The van der Waals surface area contributed by atoms with E-state index in [2.05, 4.69) is 26.4 Å². The van der Waals surface area contributed by atoms with Crippen LogP contribution in [0.2, 0.25) is 0 Å². The van der Waals surface area contributed by atoms with Gasteiger partial charge >= 0.3 is 12.4 Å². The van der Waals surface area contributed by atoms with Crippen LogP contribution in [0.5, 0.6) is 0 Å². The Kier molecular flexibility index (Phi) is 11.5. The molecule has 2 heterocycles. The van der Waals surface area contributed by atoms with Gasteiger partial charge in [0, 0.05) is 19.5 Å². The Morgan fingerprint density at radius 2 is 1.11 bits per heavy atom. The number of hydrogen-bond donors (Lipinski definition) is 4. The number of rotatable bonds is 3. The predicted octanol–water partition coefficient (Wildman–Crippen LogP) is 5.04. The van der Waals surface area contributed by atoms with Crippen LogP contribution < -0.4 is 20.5 Å². The molecule has 2 aliphatic rings. The van der Waals surface area contributed by atoms with Gasteiger partial charge in [-0.25, -0.2) is 16.8 Å². The highest BCUT2D eigenvalue weighted by molar-refractivity contribution is 7.99. The van der Waals surface area contributed by atoms with Crippen molar-refractivity contribution in [1.29, 1.82) is 0 Å². The van der Waals surface area contributed by atoms with Gasteiger partial charge in [0.2, 0.25) is 31.2 Å². The topological polar surface area (TPSA) is 165 Å². The number of nitrogens with one attached hydrogen (secondary N) is 3. The van der Waals surface area contributed by atoms with E-state index in [-0.39, 0.29) is 37.6 Å². The van der Waals surface area contributed by atoms with Gasteiger partial charge in [-0.05, 0) is 74.7 Å². The molecule has 1 amide bonds. The van der Waals surface area contributed by atoms with Crippen molar-refractivity contribution in [2.45, 2.75) is 65.0 Å². The Hall–Kier alpha value is -3.45. The fourth-order valence-corrected chi connectivity index (χ4v) is 8.15. The molecular formula is C28H31ClF6N4O6S2. The van der Waals surface area contributed by atoms with Crippen molar-refractivity contribution < 1.29 is 52.8 Å². The monoisotopic (exact) mass is 732 g/mol. The number of nitrogens with two attached hydrogens (primary N) is 1. The quantitative estimate of drug-likeness (QED) is 0.254. The molecule has 10 nitrogen and oxygen atoms in total. The summed E-state index contributed by atoms with van der Waals surface area (Å²) in [5, 5.41) is 2.05. The molecule has 2 aromatic rings. The van der Waals surface area contributed by atoms with E-state index in [1.807, 2.05) is 0 Å². The zero-order valence-electron chi connectivity index (χ0n) is 25.6. The maximum absolute atomic E-state index is 12.9. The lowest BCUT2D eigenvalue weighted by Crippen LogP contribution is -2.42. The fraction of sp³-hybridized carbons (Fsp3) is 0.357. The van der Waals surface area contributed by atoms with Crippen LogP contribution in [-0.2, 0) is 42.0 Å². The predicted molar refractivity (Wildman–Crippen MR) is 164 cm³/mol. The van der Waals surface area contributed by atoms with Gasteiger partial charge in [-0.2, -0.15) is 35.8 Å². The number of carbonyl (C=O) groups is 2. The summed E-state index contributed by atoms with van der Waals surface area (Å²) >= 11 is 4.64. The van der Waals surface area contributed by atoms with E-state index in [1.165, 1.54) is 39.8 Å². The molecule has 0 radical (unpaired) electrons. The number of hydrogen-bond acceptors (Lipinski definition) is 7. The number of sulfonamides is 2. The highest BCUT2D eigenvalue weighted by atomic mass is 35.5. The minimum absolute atomic E-state index is 0.00294. The van der Waals surface area contributed by atoms with Crippen molar-refractivity contribution in [3.05, 3.63) is 82.2 Å². The molecule has 47 heavy (non-hydrogen) atoms. The molecule has 0 saturated carbocycles. The van der Waals surface area contributed by atoms with Crippen LogP contribution >= 0.6 is 11.6 Å². The van der Waals surface area contributed by atoms with Gasteiger partial charge in [0.25, 0.3) is 0 Å². The van der Waals surface area contributed by atoms with Gasteiger partial charge in [-0.1, -0.05) is 24.3 Å². The molecule has 5 N–H and O–H groups in total. The molecule has 0 fully saturated rings. The van der Waals surface area contributed by atoms with Crippen molar-refractivity contribution in [1.82, 2.24) is 14.8 Å². The molecular weight excluding hydrogens is 702 g/mol. The van der Waals surface area contributed by atoms with Gasteiger partial charge in [0.05, 0.1) is 27.9 Å². The summed E-state index contributed by atoms with van der Waals surface area (Å²) in [7, 11) is -7.98. The summed E-state index contributed by atoms with van der Waals surface area (Å²) in [6.07, 6.45) is -9.15. The molecule has 0 atom stereocenters. The number of halogens is 7. The van der Waals surface area contributed by atoms with Crippen LogP contribution in [0, 0.1) is 0 Å². The molecule has 0 spiro atoms. The maximum Gasteiger partial charge on any atom is 0.416 e. The van der Waals surface area contributed by atoms with Crippen molar-refractivity contribution in [2.24, 2.45) is 5.73 Å². The Morgan fingerprint density at radius 3 is 1.45 bits per heavy atom. The number of amides is 1. The number of benzene rings is 2. The third-order valence-corrected chi connectivity index (χ3v) is 9.82. The summed E-state index contributed by atoms with van der Waals surface area (Å²) in [5.74, 6) is -0.517. The molecule has 2 aromatic carbocycles. The zero-order valence-corrected chi connectivity index (χ0v) is 28.0. The van der Waals surface area contributed by atoms with Crippen molar-refractivity contribution >= 4 is 52.6 Å². The molecule has 260 valence electrons. The summed E-state index contributed by atoms with van der Waals surface area (Å²) in [5.41, 5.74) is 1.52. The molecule has 19 heteroatoms. The van der Waals surface area contributed by atoms with E-state index in [4.69, 9.17) is 5.73 Å². The van der Waals surface area contributed by atoms with Gasteiger partial charge < -0.3 is 11.1 Å². The molecule has 0 saturated heterocycles. The van der Waals surface area contributed by atoms with Crippen molar-refractivity contribution in [3.63, 3.8) is 0 Å². The first-order valence-electron chi connectivity index (χ1n) is 13.1. The molecule has 4 rings (SSSR count). The normalized spacial score (nSPS) is 19.3. The lowest BCUT2D eigenvalue weighted by molar-refractivity contribution is -0.138. The van der Waals surface area contributed by atoms with Crippen LogP contribution in [0.4, 0.5) is 26.3 Å². The van der Waals surface area contributed by atoms with E-state index in [9.17, 15) is 52.8 Å². The summed E-state index contributed by atoms with van der Waals surface area (Å²) < 4.78 is 130. The van der Waals surface area contributed by atoms with Crippen LogP contribution in [0.1, 0.15) is 63.8 Å². The van der Waals surface area contributed by atoms with E-state index in [0.29, 0.717) is 0 Å². The van der Waals surface area contributed by atoms with Gasteiger partial charge in [-0.15, -0.1) is 0 Å². The highest BCUT2D eigenvalue weighted by Gasteiger charge is 2.45. The second-order valence-corrected chi connectivity index (χ2v) is 15.0.